The molecule has 0 aliphatic heterocycles. The molecule has 0 radical (unpaired) electrons. The summed E-state index contributed by atoms with van der Waals surface area (Å²) < 4.78 is 7.24. The van der Waals surface area contributed by atoms with Crippen LogP contribution in [-0.2, 0) is 7.05 Å². The zero-order valence-electron chi connectivity index (χ0n) is 14.4. The number of anilines is 3. The summed E-state index contributed by atoms with van der Waals surface area (Å²) >= 11 is 0. The topological polar surface area (TPSA) is 97.1 Å². The van der Waals surface area contributed by atoms with Gasteiger partial charge in [0, 0.05) is 32.0 Å². The normalized spacial score (nSPS) is 10.8. The maximum absolute atomic E-state index is 8.93. The summed E-state index contributed by atoms with van der Waals surface area (Å²) in [7, 11) is 1.84. The summed E-state index contributed by atoms with van der Waals surface area (Å²) in [4.78, 5) is 9.04. The molecule has 2 heterocycles. The fraction of sp³-hybridized carbons (Fsp3) is 0.353. The molecule has 0 aliphatic carbocycles. The van der Waals surface area contributed by atoms with E-state index in [4.69, 9.17) is 9.84 Å². The highest BCUT2D eigenvalue weighted by Gasteiger charge is 2.12. The first-order valence-corrected chi connectivity index (χ1v) is 8.25. The van der Waals surface area contributed by atoms with Crippen molar-refractivity contribution in [2.75, 3.05) is 30.4 Å². The quantitative estimate of drug-likeness (QED) is 0.540. The predicted molar refractivity (Wildman–Crippen MR) is 97.4 cm³/mol. The fourth-order valence-electron chi connectivity index (χ4n) is 2.44. The first kappa shape index (κ1) is 17.0. The molecule has 0 aliphatic rings. The van der Waals surface area contributed by atoms with Crippen molar-refractivity contribution in [3.8, 4) is 5.75 Å². The average molecular weight is 342 g/mol. The molecule has 1 aromatic carbocycles. The molecule has 0 amide bonds. The van der Waals surface area contributed by atoms with Gasteiger partial charge in [-0.2, -0.15) is 15.1 Å². The molecule has 2 aromatic heterocycles. The Bertz CT molecular complexity index is 848. The second-order valence-electron chi connectivity index (χ2n) is 5.49. The lowest BCUT2D eigenvalue weighted by molar-refractivity contribution is 0.292. The van der Waals surface area contributed by atoms with Crippen LogP contribution in [-0.4, -0.2) is 44.6 Å². The Hall–Kier alpha value is -2.87. The van der Waals surface area contributed by atoms with Gasteiger partial charge in [-0.1, -0.05) is 6.07 Å². The summed E-state index contributed by atoms with van der Waals surface area (Å²) in [6.07, 6.45) is 2.37. The van der Waals surface area contributed by atoms with Crippen molar-refractivity contribution in [1.29, 1.82) is 0 Å². The molecule has 0 atom stereocenters. The van der Waals surface area contributed by atoms with Crippen molar-refractivity contribution in [2.24, 2.45) is 7.05 Å². The summed E-state index contributed by atoms with van der Waals surface area (Å²) in [6, 6.07) is 7.71. The van der Waals surface area contributed by atoms with Crippen LogP contribution >= 0.6 is 0 Å². The molecule has 8 heteroatoms. The molecule has 0 unspecified atom stereocenters. The number of benzene rings is 1. The first-order chi connectivity index (χ1) is 12.2. The van der Waals surface area contributed by atoms with Crippen LogP contribution in [0.2, 0.25) is 0 Å². The first-order valence-electron chi connectivity index (χ1n) is 8.25. The van der Waals surface area contributed by atoms with E-state index in [1.165, 1.54) is 0 Å². The molecule has 25 heavy (non-hydrogen) atoms. The van der Waals surface area contributed by atoms with Crippen molar-refractivity contribution in [3.05, 3.63) is 30.5 Å². The minimum atomic E-state index is 0.121. The van der Waals surface area contributed by atoms with E-state index < -0.39 is 0 Å². The Morgan fingerprint density at radius 1 is 1.28 bits per heavy atom. The Morgan fingerprint density at radius 3 is 2.96 bits per heavy atom. The minimum Gasteiger partial charge on any atom is -0.494 e. The summed E-state index contributed by atoms with van der Waals surface area (Å²) in [5.41, 5.74) is 1.60. The fourth-order valence-corrected chi connectivity index (χ4v) is 2.44. The number of rotatable bonds is 8. The van der Waals surface area contributed by atoms with Crippen LogP contribution in [0.15, 0.2) is 30.5 Å². The Morgan fingerprint density at radius 2 is 2.16 bits per heavy atom. The van der Waals surface area contributed by atoms with Crippen LogP contribution in [0, 0.1) is 0 Å². The molecule has 3 N–H and O–H groups in total. The minimum absolute atomic E-state index is 0.121. The summed E-state index contributed by atoms with van der Waals surface area (Å²) in [5, 5.41) is 20.5. The van der Waals surface area contributed by atoms with Crippen LogP contribution in [0.1, 0.15) is 13.3 Å². The average Bonchev–Trinajstić information content (AvgIpc) is 2.97. The van der Waals surface area contributed by atoms with Gasteiger partial charge in [-0.05, 0) is 25.5 Å². The smallest absolute Gasteiger partial charge is 0.226 e. The molecular weight excluding hydrogens is 320 g/mol. The Labute approximate surface area is 145 Å². The molecule has 0 bridgehead atoms. The van der Waals surface area contributed by atoms with E-state index in [9.17, 15) is 0 Å². The lowest BCUT2D eigenvalue weighted by atomic mass is 10.3. The van der Waals surface area contributed by atoms with Gasteiger partial charge in [0.15, 0.2) is 5.65 Å². The molecule has 3 aromatic rings. The highest BCUT2D eigenvalue weighted by atomic mass is 16.5. The van der Waals surface area contributed by atoms with Gasteiger partial charge in [-0.25, -0.2) is 0 Å². The lowest BCUT2D eigenvalue weighted by Gasteiger charge is -2.11. The van der Waals surface area contributed by atoms with Gasteiger partial charge in [0.1, 0.15) is 11.6 Å². The molecule has 8 nitrogen and oxygen atoms in total. The summed E-state index contributed by atoms with van der Waals surface area (Å²) in [6.45, 7) is 3.28. The predicted octanol–water partition coefficient (Wildman–Crippen LogP) is 2.30. The second-order valence-corrected chi connectivity index (χ2v) is 5.49. The van der Waals surface area contributed by atoms with Gasteiger partial charge in [-0.15, -0.1) is 0 Å². The van der Waals surface area contributed by atoms with Gasteiger partial charge >= 0.3 is 0 Å². The molecule has 0 spiro atoms. The number of hydrogen-bond acceptors (Lipinski definition) is 7. The number of fused-ring (bicyclic) bond motifs is 1. The highest BCUT2D eigenvalue weighted by Crippen LogP contribution is 2.26. The molecule has 0 saturated heterocycles. The molecule has 0 fully saturated rings. The van der Waals surface area contributed by atoms with Crippen LogP contribution in [0.4, 0.5) is 17.5 Å². The van der Waals surface area contributed by atoms with Crippen molar-refractivity contribution in [2.45, 2.75) is 13.3 Å². The van der Waals surface area contributed by atoms with Crippen molar-refractivity contribution in [1.82, 2.24) is 19.7 Å². The third-order valence-electron chi connectivity index (χ3n) is 3.62. The van der Waals surface area contributed by atoms with Crippen molar-refractivity contribution in [3.63, 3.8) is 0 Å². The van der Waals surface area contributed by atoms with E-state index in [0.29, 0.717) is 31.3 Å². The lowest BCUT2D eigenvalue weighted by Crippen LogP contribution is -2.09. The van der Waals surface area contributed by atoms with Gasteiger partial charge < -0.3 is 20.5 Å². The maximum atomic E-state index is 8.93. The number of hydrogen-bond donors (Lipinski definition) is 3. The number of nitrogens with one attached hydrogen (secondary N) is 2. The van der Waals surface area contributed by atoms with Crippen molar-refractivity contribution >= 4 is 28.5 Å². The number of ether oxygens (including phenoxy) is 1. The third-order valence-corrected chi connectivity index (χ3v) is 3.62. The van der Waals surface area contributed by atoms with E-state index in [1.807, 2.05) is 38.2 Å². The van der Waals surface area contributed by atoms with Gasteiger partial charge in [-0.3, -0.25) is 4.68 Å². The van der Waals surface area contributed by atoms with E-state index in [2.05, 4.69) is 25.7 Å². The van der Waals surface area contributed by atoms with Crippen LogP contribution in [0.3, 0.4) is 0 Å². The Balaban J connectivity index is 1.92. The van der Waals surface area contributed by atoms with E-state index in [-0.39, 0.29) is 6.61 Å². The maximum Gasteiger partial charge on any atom is 0.226 e. The SMILES string of the molecule is CCOc1cccc(Nc2nc(NCCCO)nc3c2cnn3C)c1. The number of aromatic nitrogens is 4. The Kier molecular flexibility index (Phi) is 5.30. The van der Waals surface area contributed by atoms with Crippen LogP contribution in [0.5, 0.6) is 5.75 Å². The largest absolute Gasteiger partial charge is 0.494 e. The molecule has 3 rings (SSSR count). The number of aliphatic hydroxyl groups is 1. The van der Waals surface area contributed by atoms with Crippen molar-refractivity contribution < 1.29 is 9.84 Å². The number of aliphatic hydroxyl groups excluding tert-OH is 1. The van der Waals surface area contributed by atoms with Gasteiger partial charge in [0.05, 0.1) is 18.2 Å². The molecular formula is C17H22N6O2. The number of aryl methyl sites for hydroxylation is 1. The monoisotopic (exact) mass is 342 g/mol. The van der Waals surface area contributed by atoms with E-state index in [1.54, 1.807) is 10.9 Å². The molecule has 0 saturated carbocycles. The van der Waals surface area contributed by atoms with Crippen LogP contribution in [0.25, 0.3) is 11.0 Å². The zero-order valence-corrected chi connectivity index (χ0v) is 14.4. The van der Waals surface area contributed by atoms with E-state index in [0.717, 1.165) is 22.5 Å². The van der Waals surface area contributed by atoms with Crippen LogP contribution < -0.4 is 15.4 Å². The number of nitrogens with zero attached hydrogens (tertiary/aromatic N) is 4. The zero-order chi connectivity index (χ0) is 17.6. The van der Waals surface area contributed by atoms with Gasteiger partial charge in [0.2, 0.25) is 5.95 Å². The standard InChI is InChI=1S/C17H22N6O2/c1-3-25-13-7-4-6-12(10-13)20-15-14-11-19-23(2)16(14)22-17(21-15)18-8-5-9-24/h4,6-7,10-11,24H,3,5,8-9H2,1-2H3,(H2,18,20,21,22). The highest BCUT2D eigenvalue weighted by molar-refractivity contribution is 5.89. The summed E-state index contributed by atoms with van der Waals surface area (Å²) in [5.74, 6) is 1.96. The van der Waals surface area contributed by atoms with E-state index >= 15 is 0 Å². The second kappa shape index (κ2) is 7.80. The molecule has 132 valence electrons. The third kappa shape index (κ3) is 3.97. The van der Waals surface area contributed by atoms with Gasteiger partial charge in [0.25, 0.3) is 0 Å².